The highest BCUT2D eigenvalue weighted by Gasteiger charge is 2.56. The maximum Gasteiger partial charge on any atom is 0.325 e. The molecular formula is C19H24FN3O4. The highest BCUT2D eigenvalue weighted by molar-refractivity contribution is 6.10. The van der Waals surface area contributed by atoms with Gasteiger partial charge in [0, 0.05) is 6.07 Å². The van der Waals surface area contributed by atoms with Crippen LogP contribution in [0.15, 0.2) is 18.2 Å². The van der Waals surface area contributed by atoms with Crippen LogP contribution in [-0.4, -0.2) is 39.9 Å². The molecule has 2 atom stereocenters. The molecule has 0 radical (unpaired) electrons. The van der Waals surface area contributed by atoms with Crippen LogP contribution in [0.3, 0.4) is 0 Å². The lowest BCUT2D eigenvalue weighted by atomic mass is 9.64. The second-order valence-corrected chi connectivity index (χ2v) is 8.47. The number of phenolic OH excluding ortho intramolecular Hbond substituents is 1. The molecule has 27 heavy (non-hydrogen) atoms. The number of anilines is 1. The van der Waals surface area contributed by atoms with Gasteiger partial charge in [-0.3, -0.25) is 14.5 Å². The molecule has 1 saturated carbocycles. The van der Waals surface area contributed by atoms with Gasteiger partial charge in [0.25, 0.3) is 5.91 Å². The summed E-state index contributed by atoms with van der Waals surface area (Å²) >= 11 is 0. The van der Waals surface area contributed by atoms with Gasteiger partial charge in [-0.15, -0.1) is 0 Å². The molecule has 2 fully saturated rings. The average Bonchev–Trinajstić information content (AvgIpc) is 2.72. The van der Waals surface area contributed by atoms with Gasteiger partial charge in [-0.2, -0.15) is 0 Å². The molecule has 3 N–H and O–H groups in total. The van der Waals surface area contributed by atoms with Gasteiger partial charge in [0.15, 0.2) is 0 Å². The third-order valence-electron chi connectivity index (χ3n) is 5.16. The van der Waals surface area contributed by atoms with Crippen LogP contribution in [0.5, 0.6) is 5.75 Å². The van der Waals surface area contributed by atoms with Gasteiger partial charge in [-0.25, -0.2) is 9.18 Å². The number of nitrogens with one attached hydrogen (secondary N) is 2. The molecule has 1 spiro atoms. The van der Waals surface area contributed by atoms with Crippen molar-refractivity contribution in [2.24, 2.45) is 11.3 Å². The second-order valence-electron chi connectivity index (χ2n) is 8.47. The van der Waals surface area contributed by atoms with Crippen LogP contribution >= 0.6 is 0 Å². The van der Waals surface area contributed by atoms with Crippen LogP contribution in [0.4, 0.5) is 14.9 Å². The molecule has 4 amide bonds. The zero-order valence-corrected chi connectivity index (χ0v) is 15.6. The maximum atomic E-state index is 13.3. The van der Waals surface area contributed by atoms with E-state index in [0.717, 1.165) is 29.5 Å². The van der Waals surface area contributed by atoms with Crippen molar-refractivity contribution in [3.8, 4) is 5.75 Å². The molecule has 0 bridgehead atoms. The van der Waals surface area contributed by atoms with Crippen molar-refractivity contribution >= 4 is 23.5 Å². The fourth-order valence-corrected chi connectivity index (χ4v) is 4.59. The number of phenols is 1. The van der Waals surface area contributed by atoms with Gasteiger partial charge in [-0.05, 0) is 42.7 Å². The topological polar surface area (TPSA) is 98.7 Å². The summed E-state index contributed by atoms with van der Waals surface area (Å²) in [5, 5.41) is 14.8. The minimum Gasteiger partial charge on any atom is -0.506 e. The largest absolute Gasteiger partial charge is 0.506 e. The first kappa shape index (κ1) is 19.1. The zero-order valence-electron chi connectivity index (χ0n) is 15.6. The highest BCUT2D eigenvalue weighted by atomic mass is 19.1. The summed E-state index contributed by atoms with van der Waals surface area (Å²) in [6.07, 6.45) is 2.00. The molecule has 1 aliphatic heterocycles. The fourth-order valence-electron chi connectivity index (χ4n) is 4.59. The van der Waals surface area contributed by atoms with Crippen LogP contribution < -0.4 is 10.6 Å². The third kappa shape index (κ3) is 3.74. The third-order valence-corrected chi connectivity index (χ3v) is 5.16. The van der Waals surface area contributed by atoms with Crippen LogP contribution in [0.2, 0.25) is 0 Å². The van der Waals surface area contributed by atoms with Gasteiger partial charge in [0.05, 0.1) is 5.69 Å². The summed E-state index contributed by atoms with van der Waals surface area (Å²) in [5.74, 6) is -1.78. The fraction of sp³-hybridized carbons (Fsp3) is 0.526. The number of nitrogens with zero attached hydrogens (tertiary/aromatic N) is 1. The molecule has 3 rings (SSSR count). The van der Waals surface area contributed by atoms with Gasteiger partial charge < -0.3 is 15.7 Å². The first-order valence-electron chi connectivity index (χ1n) is 8.94. The van der Waals surface area contributed by atoms with Gasteiger partial charge in [0.1, 0.15) is 23.7 Å². The van der Waals surface area contributed by atoms with E-state index in [4.69, 9.17) is 0 Å². The number of hydrogen-bond donors (Lipinski definition) is 3. The van der Waals surface area contributed by atoms with Crippen molar-refractivity contribution < 1.29 is 23.9 Å². The van der Waals surface area contributed by atoms with E-state index in [1.807, 2.05) is 6.92 Å². The first-order valence-corrected chi connectivity index (χ1v) is 8.94. The molecule has 7 nitrogen and oxygen atoms in total. The molecule has 1 aliphatic carbocycles. The van der Waals surface area contributed by atoms with E-state index in [2.05, 4.69) is 24.5 Å². The van der Waals surface area contributed by atoms with E-state index < -0.39 is 35.7 Å². The van der Waals surface area contributed by atoms with E-state index in [0.29, 0.717) is 12.8 Å². The quantitative estimate of drug-likeness (QED) is 0.557. The van der Waals surface area contributed by atoms with Crippen molar-refractivity contribution in [3.05, 3.63) is 24.0 Å². The molecule has 1 aromatic carbocycles. The minimum atomic E-state index is -0.987. The number of benzene rings is 1. The first-order chi connectivity index (χ1) is 12.5. The summed E-state index contributed by atoms with van der Waals surface area (Å²) in [5.41, 5.74) is -1.21. The maximum absolute atomic E-state index is 13.3. The Morgan fingerprint density at radius 2 is 2.07 bits per heavy atom. The van der Waals surface area contributed by atoms with E-state index in [1.54, 1.807) is 0 Å². The Labute approximate surface area is 156 Å². The number of halogens is 1. The van der Waals surface area contributed by atoms with Crippen LogP contribution in [0, 0.1) is 17.2 Å². The van der Waals surface area contributed by atoms with Crippen molar-refractivity contribution in [2.45, 2.75) is 45.6 Å². The molecule has 1 saturated heterocycles. The number of carbonyl (C=O) groups excluding carboxylic acids is 3. The summed E-state index contributed by atoms with van der Waals surface area (Å²) in [7, 11) is 0. The van der Waals surface area contributed by atoms with E-state index in [9.17, 15) is 23.9 Å². The van der Waals surface area contributed by atoms with Crippen molar-refractivity contribution in [1.82, 2.24) is 10.2 Å². The molecule has 1 aromatic rings. The van der Waals surface area contributed by atoms with Crippen molar-refractivity contribution in [1.29, 1.82) is 0 Å². The van der Waals surface area contributed by atoms with Gasteiger partial charge >= 0.3 is 6.03 Å². The SMILES string of the molecule is CC1CC(C)(C)CC2(C1)NC(=O)N(CC(=O)Nc1cc(F)ccc1O)C2=O. The Morgan fingerprint density at radius 3 is 2.74 bits per heavy atom. The molecule has 8 heteroatoms. The molecule has 2 unspecified atom stereocenters. The molecule has 2 aliphatic rings. The summed E-state index contributed by atoms with van der Waals surface area (Å²) in [4.78, 5) is 38.5. The van der Waals surface area contributed by atoms with Crippen LogP contribution in [-0.2, 0) is 9.59 Å². The van der Waals surface area contributed by atoms with Gasteiger partial charge in [-0.1, -0.05) is 20.8 Å². The van der Waals surface area contributed by atoms with E-state index >= 15 is 0 Å². The number of urea groups is 1. The summed E-state index contributed by atoms with van der Waals surface area (Å²) in [6, 6.07) is 2.52. The summed E-state index contributed by atoms with van der Waals surface area (Å²) in [6.45, 7) is 5.67. The van der Waals surface area contributed by atoms with Crippen molar-refractivity contribution in [2.75, 3.05) is 11.9 Å². The lowest BCUT2D eigenvalue weighted by molar-refractivity contribution is -0.136. The monoisotopic (exact) mass is 377 g/mol. The predicted molar refractivity (Wildman–Crippen MR) is 96.5 cm³/mol. The van der Waals surface area contributed by atoms with Crippen LogP contribution in [0.25, 0.3) is 0 Å². The molecular weight excluding hydrogens is 353 g/mol. The van der Waals surface area contributed by atoms with E-state index in [1.165, 1.54) is 0 Å². The zero-order chi connectivity index (χ0) is 20.0. The van der Waals surface area contributed by atoms with Crippen molar-refractivity contribution in [3.63, 3.8) is 0 Å². The Hall–Kier alpha value is -2.64. The Bertz CT molecular complexity index is 810. The standard InChI is InChI=1S/C19H24FN3O4/c1-11-7-18(2,3)10-19(8-11)16(26)23(17(27)22-19)9-15(25)21-13-6-12(20)4-5-14(13)24/h4-6,11,24H,7-10H2,1-3H3,(H,21,25)(H,22,27). The smallest absolute Gasteiger partial charge is 0.325 e. The lowest BCUT2D eigenvalue weighted by Crippen LogP contribution is -2.54. The van der Waals surface area contributed by atoms with Crippen LogP contribution in [0.1, 0.15) is 40.0 Å². The number of hydrogen-bond acceptors (Lipinski definition) is 4. The number of imide groups is 1. The Morgan fingerprint density at radius 1 is 1.37 bits per heavy atom. The number of carbonyl (C=O) groups is 3. The minimum absolute atomic E-state index is 0.105. The predicted octanol–water partition coefficient (Wildman–Crippen LogP) is 2.61. The normalized spacial score (nSPS) is 27.0. The Kier molecular flexibility index (Phi) is 4.61. The second kappa shape index (κ2) is 6.51. The number of aromatic hydroxyl groups is 1. The molecule has 1 heterocycles. The van der Waals surface area contributed by atoms with Gasteiger partial charge in [0.2, 0.25) is 5.91 Å². The molecule has 0 aromatic heterocycles. The average molecular weight is 377 g/mol. The number of amides is 4. The lowest BCUT2D eigenvalue weighted by Gasteiger charge is -2.43. The highest BCUT2D eigenvalue weighted by Crippen LogP contribution is 2.46. The van der Waals surface area contributed by atoms with E-state index in [-0.39, 0.29) is 22.8 Å². The Balaban J connectivity index is 1.74. The molecule has 146 valence electrons. The number of rotatable bonds is 3. The summed E-state index contributed by atoms with van der Waals surface area (Å²) < 4.78 is 13.3.